The molecule has 0 saturated carbocycles. The summed E-state index contributed by atoms with van der Waals surface area (Å²) in [5.74, 6) is -0.411. The van der Waals surface area contributed by atoms with E-state index in [4.69, 9.17) is 0 Å². The molecule has 0 aliphatic rings. The molecule has 34 heavy (non-hydrogen) atoms. The Hall–Kier alpha value is -3.98. The predicted octanol–water partition coefficient (Wildman–Crippen LogP) is 4.58. The molecule has 1 atom stereocenters. The minimum atomic E-state index is -0.357. The van der Waals surface area contributed by atoms with Gasteiger partial charge in [-0.25, -0.2) is 9.37 Å². The number of benzene rings is 2. The first-order chi connectivity index (χ1) is 16.4. The van der Waals surface area contributed by atoms with Crippen LogP contribution < -0.4 is 26.6 Å². The SMILES string of the molecule is CCCNc1cc(Nc2cccc(F)c2)ncc1C(=O)Nc1cccc(NC(=O)[C@H](C)NC)c1. The van der Waals surface area contributed by atoms with Crippen LogP contribution in [-0.2, 0) is 4.79 Å². The third kappa shape index (κ3) is 6.76. The van der Waals surface area contributed by atoms with Crippen LogP contribution in [0.1, 0.15) is 30.6 Å². The highest BCUT2D eigenvalue weighted by Crippen LogP contribution is 2.24. The predicted molar refractivity (Wildman–Crippen MR) is 134 cm³/mol. The van der Waals surface area contributed by atoms with Gasteiger partial charge in [-0.15, -0.1) is 0 Å². The average Bonchev–Trinajstić information content (AvgIpc) is 2.82. The van der Waals surface area contributed by atoms with Crippen molar-refractivity contribution in [3.63, 3.8) is 0 Å². The molecule has 0 fully saturated rings. The molecule has 9 heteroatoms. The van der Waals surface area contributed by atoms with Crippen LogP contribution in [0.3, 0.4) is 0 Å². The van der Waals surface area contributed by atoms with E-state index in [0.717, 1.165) is 6.42 Å². The monoisotopic (exact) mass is 464 g/mol. The van der Waals surface area contributed by atoms with Gasteiger partial charge in [-0.3, -0.25) is 9.59 Å². The number of carbonyl (C=O) groups excluding carboxylic acids is 2. The summed E-state index contributed by atoms with van der Waals surface area (Å²) in [5.41, 5.74) is 2.61. The van der Waals surface area contributed by atoms with Gasteiger partial charge in [-0.2, -0.15) is 0 Å². The molecule has 3 rings (SSSR count). The summed E-state index contributed by atoms with van der Waals surface area (Å²) in [6.07, 6.45) is 2.33. The van der Waals surface area contributed by atoms with Gasteiger partial charge in [0.05, 0.1) is 17.3 Å². The normalized spacial score (nSPS) is 11.4. The first kappa shape index (κ1) is 24.7. The molecular formula is C25H29FN6O2. The van der Waals surface area contributed by atoms with Crippen LogP contribution in [-0.4, -0.2) is 36.4 Å². The van der Waals surface area contributed by atoms with Gasteiger partial charge in [0.1, 0.15) is 11.6 Å². The molecule has 0 aliphatic heterocycles. The minimum absolute atomic E-state index is 0.178. The molecular weight excluding hydrogens is 435 g/mol. The summed E-state index contributed by atoms with van der Waals surface area (Å²) in [7, 11) is 1.71. The Kier molecular flexibility index (Phi) is 8.53. The lowest BCUT2D eigenvalue weighted by atomic mass is 10.2. The molecule has 0 unspecified atom stereocenters. The summed E-state index contributed by atoms with van der Waals surface area (Å²) in [5, 5.41) is 14.8. The largest absolute Gasteiger partial charge is 0.384 e. The summed E-state index contributed by atoms with van der Waals surface area (Å²) in [4.78, 5) is 29.5. The first-order valence-corrected chi connectivity index (χ1v) is 11.1. The topological polar surface area (TPSA) is 107 Å². The molecule has 0 spiro atoms. The first-order valence-electron chi connectivity index (χ1n) is 11.1. The van der Waals surface area contributed by atoms with E-state index in [1.54, 1.807) is 56.4 Å². The van der Waals surface area contributed by atoms with Crippen molar-refractivity contribution in [2.24, 2.45) is 0 Å². The van der Waals surface area contributed by atoms with Crippen LogP contribution in [0, 0.1) is 5.82 Å². The highest BCUT2D eigenvalue weighted by atomic mass is 19.1. The maximum absolute atomic E-state index is 13.5. The zero-order valence-electron chi connectivity index (χ0n) is 19.4. The van der Waals surface area contributed by atoms with Gasteiger partial charge in [0.25, 0.3) is 5.91 Å². The lowest BCUT2D eigenvalue weighted by Gasteiger charge is -2.15. The van der Waals surface area contributed by atoms with E-state index in [0.29, 0.717) is 40.7 Å². The lowest BCUT2D eigenvalue weighted by Crippen LogP contribution is -2.35. The Morgan fingerprint density at radius 3 is 2.41 bits per heavy atom. The smallest absolute Gasteiger partial charge is 0.259 e. The fourth-order valence-electron chi connectivity index (χ4n) is 3.08. The van der Waals surface area contributed by atoms with Crippen molar-refractivity contribution >= 4 is 40.4 Å². The third-order valence-corrected chi connectivity index (χ3v) is 5.03. The van der Waals surface area contributed by atoms with E-state index in [9.17, 15) is 14.0 Å². The number of halogens is 1. The zero-order valence-corrected chi connectivity index (χ0v) is 19.4. The molecule has 0 bridgehead atoms. The molecule has 2 aromatic carbocycles. The number of nitrogens with one attached hydrogen (secondary N) is 5. The van der Waals surface area contributed by atoms with Crippen LogP contribution >= 0.6 is 0 Å². The molecule has 1 heterocycles. The fourth-order valence-corrected chi connectivity index (χ4v) is 3.08. The Labute approximate surface area is 198 Å². The van der Waals surface area contributed by atoms with Crippen molar-refractivity contribution in [3.05, 3.63) is 72.2 Å². The number of pyridine rings is 1. The van der Waals surface area contributed by atoms with E-state index < -0.39 is 0 Å². The van der Waals surface area contributed by atoms with Gasteiger partial charge >= 0.3 is 0 Å². The van der Waals surface area contributed by atoms with E-state index in [1.165, 1.54) is 18.3 Å². The van der Waals surface area contributed by atoms with Crippen LogP contribution in [0.25, 0.3) is 0 Å². The molecule has 0 aliphatic carbocycles. The Balaban J connectivity index is 1.78. The van der Waals surface area contributed by atoms with Gasteiger partial charge in [0.15, 0.2) is 0 Å². The van der Waals surface area contributed by atoms with E-state index in [-0.39, 0.29) is 23.7 Å². The summed E-state index contributed by atoms with van der Waals surface area (Å²) in [6, 6.07) is 14.3. The van der Waals surface area contributed by atoms with E-state index >= 15 is 0 Å². The molecule has 3 aromatic rings. The fraction of sp³-hybridized carbons (Fsp3) is 0.240. The van der Waals surface area contributed by atoms with Crippen molar-refractivity contribution in [1.29, 1.82) is 0 Å². The van der Waals surface area contributed by atoms with Gasteiger partial charge in [-0.05, 0) is 56.8 Å². The van der Waals surface area contributed by atoms with E-state index in [2.05, 4.69) is 31.6 Å². The second-order valence-electron chi connectivity index (χ2n) is 7.71. The summed E-state index contributed by atoms with van der Waals surface area (Å²) in [6.45, 7) is 4.44. The summed E-state index contributed by atoms with van der Waals surface area (Å²) >= 11 is 0. The van der Waals surface area contributed by atoms with Crippen molar-refractivity contribution in [1.82, 2.24) is 10.3 Å². The standard InChI is InChI=1S/C25H29FN6O2/c1-4-11-28-22-14-23(30-18-8-5-7-17(26)12-18)29-15-21(22)25(34)32-20-10-6-9-19(13-20)31-24(33)16(2)27-3/h5-10,12-16,27H,4,11H2,1-3H3,(H,31,33)(H,32,34)(H2,28,29,30)/t16-/m0/s1. The van der Waals surface area contributed by atoms with Gasteiger partial charge < -0.3 is 26.6 Å². The van der Waals surface area contributed by atoms with Crippen LogP contribution in [0.2, 0.25) is 0 Å². The highest BCUT2D eigenvalue weighted by molar-refractivity contribution is 6.08. The second kappa shape index (κ2) is 11.8. The number of nitrogens with zero attached hydrogens (tertiary/aromatic N) is 1. The van der Waals surface area contributed by atoms with Crippen molar-refractivity contribution in [2.45, 2.75) is 26.3 Å². The number of hydrogen-bond donors (Lipinski definition) is 5. The second-order valence-corrected chi connectivity index (χ2v) is 7.71. The number of amides is 2. The molecule has 0 radical (unpaired) electrons. The van der Waals surface area contributed by atoms with Gasteiger partial charge in [0, 0.05) is 35.9 Å². The summed E-state index contributed by atoms with van der Waals surface area (Å²) < 4.78 is 13.5. The molecule has 8 nitrogen and oxygen atoms in total. The van der Waals surface area contributed by atoms with Crippen LogP contribution in [0.4, 0.5) is 33.0 Å². The highest BCUT2D eigenvalue weighted by Gasteiger charge is 2.15. The Morgan fingerprint density at radius 1 is 1.00 bits per heavy atom. The molecule has 1 aromatic heterocycles. The molecule has 178 valence electrons. The van der Waals surface area contributed by atoms with Crippen LogP contribution in [0.15, 0.2) is 60.8 Å². The minimum Gasteiger partial charge on any atom is -0.384 e. The number of carbonyl (C=O) groups is 2. The van der Waals surface area contributed by atoms with Crippen molar-refractivity contribution < 1.29 is 14.0 Å². The van der Waals surface area contributed by atoms with Gasteiger partial charge in [-0.1, -0.05) is 19.1 Å². The maximum Gasteiger partial charge on any atom is 0.259 e. The quantitative estimate of drug-likeness (QED) is 0.301. The molecule has 0 saturated heterocycles. The number of rotatable bonds is 10. The van der Waals surface area contributed by atoms with Crippen LogP contribution in [0.5, 0.6) is 0 Å². The molecule has 2 amide bonds. The Bertz CT molecular complexity index is 1150. The van der Waals surface area contributed by atoms with Crippen molar-refractivity contribution in [3.8, 4) is 0 Å². The number of likely N-dealkylation sites (N-methyl/N-ethyl adjacent to an activating group) is 1. The average molecular weight is 465 g/mol. The third-order valence-electron chi connectivity index (χ3n) is 5.03. The Morgan fingerprint density at radius 2 is 1.71 bits per heavy atom. The number of aromatic nitrogens is 1. The zero-order chi connectivity index (χ0) is 24.5. The maximum atomic E-state index is 13.5. The van der Waals surface area contributed by atoms with Crippen molar-refractivity contribution in [2.75, 3.05) is 34.9 Å². The number of hydrogen-bond acceptors (Lipinski definition) is 6. The molecule has 5 N–H and O–H groups in total. The number of anilines is 5. The van der Waals surface area contributed by atoms with Gasteiger partial charge in [0.2, 0.25) is 5.91 Å². The lowest BCUT2D eigenvalue weighted by molar-refractivity contribution is -0.117. The van der Waals surface area contributed by atoms with E-state index in [1.807, 2.05) is 6.92 Å².